The van der Waals surface area contributed by atoms with Gasteiger partial charge in [-0.15, -0.1) is 0 Å². The van der Waals surface area contributed by atoms with Crippen LogP contribution in [-0.4, -0.2) is 40.6 Å². The van der Waals surface area contributed by atoms with E-state index in [4.69, 9.17) is 0 Å². The van der Waals surface area contributed by atoms with E-state index in [2.05, 4.69) is 46.7 Å². The summed E-state index contributed by atoms with van der Waals surface area (Å²) in [5.41, 5.74) is 0. The van der Waals surface area contributed by atoms with E-state index < -0.39 is 0 Å². The summed E-state index contributed by atoms with van der Waals surface area (Å²) in [6.45, 7) is 13.2. The molecule has 0 bridgehead atoms. The maximum Gasteiger partial charge on any atom is 0.122 e. The molecule has 19 heavy (non-hydrogen) atoms. The molecule has 0 saturated heterocycles. The van der Waals surface area contributed by atoms with Gasteiger partial charge in [0.25, 0.3) is 0 Å². The van der Waals surface area contributed by atoms with Crippen LogP contribution >= 0.6 is 0 Å². The lowest BCUT2D eigenvalue weighted by Crippen LogP contribution is -2.27. The zero-order chi connectivity index (χ0) is 13.9. The Kier molecular flexibility index (Phi) is 8.50. The number of imidazole rings is 1. The Bertz CT molecular complexity index is 318. The molecule has 110 valence electrons. The number of unbranched alkanes of at least 4 members (excludes halogenated alkanes) is 1. The lowest BCUT2D eigenvalue weighted by molar-refractivity contribution is 0.297. The number of nitrogens with one attached hydrogen (secondary N) is 1. The molecule has 1 heterocycles. The number of aromatic nitrogens is 2. The van der Waals surface area contributed by atoms with Gasteiger partial charge in [-0.3, -0.25) is 0 Å². The Hall–Kier alpha value is -0.870. The van der Waals surface area contributed by atoms with Crippen molar-refractivity contribution in [3.63, 3.8) is 0 Å². The topological polar surface area (TPSA) is 33.1 Å². The number of hydrogen-bond acceptors (Lipinski definition) is 3. The van der Waals surface area contributed by atoms with Crippen molar-refractivity contribution in [2.45, 2.75) is 53.1 Å². The van der Waals surface area contributed by atoms with Crippen LogP contribution in [0.3, 0.4) is 0 Å². The third kappa shape index (κ3) is 6.21. The first kappa shape index (κ1) is 16.2. The molecule has 4 nitrogen and oxygen atoms in total. The maximum atomic E-state index is 4.42. The number of nitrogens with zero attached hydrogens (tertiary/aromatic N) is 3. The molecule has 1 aromatic heterocycles. The molecule has 0 aliphatic rings. The van der Waals surface area contributed by atoms with Gasteiger partial charge in [0.05, 0.1) is 6.54 Å². The second-order valence-electron chi connectivity index (χ2n) is 4.95. The first-order valence-corrected chi connectivity index (χ1v) is 7.74. The van der Waals surface area contributed by atoms with Crippen molar-refractivity contribution >= 4 is 0 Å². The summed E-state index contributed by atoms with van der Waals surface area (Å²) in [5, 5.41) is 3.50. The lowest BCUT2D eigenvalue weighted by atomic mass is 10.3. The van der Waals surface area contributed by atoms with Crippen molar-refractivity contribution in [2.75, 3.05) is 26.2 Å². The first-order valence-electron chi connectivity index (χ1n) is 7.74. The number of hydrogen-bond donors (Lipinski definition) is 1. The van der Waals surface area contributed by atoms with Gasteiger partial charge in [0, 0.05) is 18.9 Å². The van der Waals surface area contributed by atoms with Crippen LogP contribution in [0.25, 0.3) is 0 Å². The molecule has 0 radical (unpaired) electrons. The molecule has 0 aliphatic heterocycles. The Morgan fingerprint density at radius 3 is 2.68 bits per heavy atom. The highest BCUT2D eigenvalue weighted by Gasteiger charge is 2.02. The van der Waals surface area contributed by atoms with Gasteiger partial charge < -0.3 is 14.8 Å². The van der Waals surface area contributed by atoms with Crippen molar-refractivity contribution in [3.05, 3.63) is 18.2 Å². The molecule has 1 aromatic rings. The molecule has 0 amide bonds. The fourth-order valence-electron chi connectivity index (χ4n) is 2.21. The molecular weight excluding hydrogens is 236 g/mol. The maximum absolute atomic E-state index is 4.42. The summed E-state index contributed by atoms with van der Waals surface area (Å²) < 4.78 is 2.26. The van der Waals surface area contributed by atoms with Crippen LogP contribution in [0.5, 0.6) is 0 Å². The van der Waals surface area contributed by atoms with Crippen molar-refractivity contribution in [2.24, 2.45) is 0 Å². The quantitative estimate of drug-likeness (QED) is 0.625. The molecule has 0 aliphatic carbocycles. The van der Waals surface area contributed by atoms with E-state index in [0.717, 1.165) is 38.5 Å². The molecule has 0 spiro atoms. The normalized spacial score (nSPS) is 11.4. The predicted molar refractivity (Wildman–Crippen MR) is 81.2 cm³/mol. The van der Waals surface area contributed by atoms with Crippen LogP contribution in [0, 0.1) is 0 Å². The summed E-state index contributed by atoms with van der Waals surface area (Å²) in [4.78, 5) is 6.89. The Morgan fingerprint density at radius 1 is 1.21 bits per heavy atom. The number of rotatable bonds is 11. The monoisotopic (exact) mass is 266 g/mol. The summed E-state index contributed by atoms with van der Waals surface area (Å²) >= 11 is 0. The second kappa shape index (κ2) is 9.98. The summed E-state index contributed by atoms with van der Waals surface area (Å²) in [5.74, 6) is 1.16. The van der Waals surface area contributed by atoms with Gasteiger partial charge >= 0.3 is 0 Å². The van der Waals surface area contributed by atoms with Gasteiger partial charge in [-0.05, 0) is 39.0 Å². The molecular formula is C15H30N4. The molecule has 0 fully saturated rings. The Labute approximate surface area is 118 Å². The van der Waals surface area contributed by atoms with Gasteiger partial charge in [-0.2, -0.15) is 0 Å². The van der Waals surface area contributed by atoms with Crippen molar-refractivity contribution in [1.82, 2.24) is 19.8 Å². The van der Waals surface area contributed by atoms with Gasteiger partial charge in [-0.1, -0.05) is 27.2 Å². The van der Waals surface area contributed by atoms with Crippen molar-refractivity contribution in [3.8, 4) is 0 Å². The van der Waals surface area contributed by atoms with Crippen molar-refractivity contribution in [1.29, 1.82) is 0 Å². The lowest BCUT2D eigenvalue weighted by Gasteiger charge is -2.17. The average molecular weight is 266 g/mol. The molecule has 0 saturated carbocycles. The van der Waals surface area contributed by atoms with Crippen LogP contribution in [0.4, 0.5) is 0 Å². The van der Waals surface area contributed by atoms with Gasteiger partial charge in [-0.25, -0.2) is 4.98 Å². The zero-order valence-electron chi connectivity index (χ0n) is 12.9. The van der Waals surface area contributed by atoms with Crippen LogP contribution < -0.4 is 5.32 Å². The molecule has 0 unspecified atom stereocenters. The average Bonchev–Trinajstić information content (AvgIpc) is 2.88. The smallest absolute Gasteiger partial charge is 0.122 e. The Balaban J connectivity index is 2.17. The minimum absolute atomic E-state index is 0.884. The van der Waals surface area contributed by atoms with E-state index in [9.17, 15) is 0 Å². The van der Waals surface area contributed by atoms with Gasteiger partial charge in [0.2, 0.25) is 0 Å². The van der Waals surface area contributed by atoms with E-state index in [1.165, 1.54) is 25.8 Å². The standard InChI is InChI=1S/C15H30N4/c1-4-7-12-19-13-10-17-15(19)14-16-9-8-11-18(5-2)6-3/h10,13,16H,4-9,11-12,14H2,1-3H3. The minimum Gasteiger partial charge on any atom is -0.334 e. The summed E-state index contributed by atoms with van der Waals surface area (Å²) in [7, 11) is 0. The zero-order valence-corrected chi connectivity index (χ0v) is 12.9. The highest BCUT2D eigenvalue weighted by Crippen LogP contribution is 2.01. The van der Waals surface area contributed by atoms with Crippen LogP contribution in [-0.2, 0) is 13.1 Å². The minimum atomic E-state index is 0.884. The third-order valence-electron chi connectivity index (χ3n) is 3.56. The Morgan fingerprint density at radius 2 is 2.00 bits per heavy atom. The second-order valence-corrected chi connectivity index (χ2v) is 4.95. The first-order chi connectivity index (χ1) is 9.31. The summed E-state index contributed by atoms with van der Waals surface area (Å²) in [6, 6.07) is 0. The summed E-state index contributed by atoms with van der Waals surface area (Å²) in [6.07, 6.45) is 7.66. The fourth-order valence-corrected chi connectivity index (χ4v) is 2.21. The molecule has 1 rings (SSSR count). The highest BCUT2D eigenvalue weighted by atomic mass is 15.1. The molecule has 4 heteroatoms. The largest absolute Gasteiger partial charge is 0.334 e. The van der Waals surface area contributed by atoms with Gasteiger partial charge in [0.15, 0.2) is 0 Å². The van der Waals surface area contributed by atoms with Crippen LogP contribution in [0.1, 0.15) is 45.9 Å². The molecule has 1 N–H and O–H groups in total. The number of aryl methyl sites for hydroxylation is 1. The van der Waals surface area contributed by atoms with Gasteiger partial charge in [0.1, 0.15) is 5.82 Å². The van der Waals surface area contributed by atoms with E-state index in [-0.39, 0.29) is 0 Å². The molecule has 0 atom stereocenters. The predicted octanol–water partition coefficient (Wildman–Crippen LogP) is 2.50. The van der Waals surface area contributed by atoms with Crippen molar-refractivity contribution < 1.29 is 0 Å². The van der Waals surface area contributed by atoms with E-state index in [1.54, 1.807) is 0 Å². The molecule has 0 aromatic carbocycles. The van der Waals surface area contributed by atoms with E-state index in [1.807, 2.05) is 6.20 Å². The third-order valence-corrected chi connectivity index (χ3v) is 3.56. The highest BCUT2D eigenvalue weighted by molar-refractivity contribution is 4.91. The fraction of sp³-hybridized carbons (Fsp3) is 0.800. The SMILES string of the molecule is CCCCn1ccnc1CNCCCN(CC)CC. The van der Waals surface area contributed by atoms with Crippen LogP contribution in [0.2, 0.25) is 0 Å². The van der Waals surface area contributed by atoms with E-state index >= 15 is 0 Å². The van der Waals surface area contributed by atoms with E-state index in [0.29, 0.717) is 0 Å². The van der Waals surface area contributed by atoms with Crippen LogP contribution in [0.15, 0.2) is 12.4 Å².